The number of halogens is 1. The van der Waals surface area contributed by atoms with E-state index in [-0.39, 0.29) is 18.3 Å². The van der Waals surface area contributed by atoms with Crippen LogP contribution in [0.1, 0.15) is 18.1 Å². The van der Waals surface area contributed by atoms with Crippen LogP contribution in [-0.4, -0.2) is 22.5 Å². The predicted molar refractivity (Wildman–Crippen MR) is 63.6 cm³/mol. The fourth-order valence-corrected chi connectivity index (χ4v) is 1.25. The smallest absolute Gasteiger partial charge is 0.306 e. The summed E-state index contributed by atoms with van der Waals surface area (Å²) >= 11 is 0. The number of carboxylic acid groups (broad SMARTS) is 1. The highest BCUT2D eigenvalue weighted by Gasteiger charge is 2.10. The summed E-state index contributed by atoms with van der Waals surface area (Å²) in [5, 5.41) is 19.9. The Balaban J connectivity index is 0.00000225. The summed E-state index contributed by atoms with van der Waals surface area (Å²) in [5.41, 5.74) is 1.74. The van der Waals surface area contributed by atoms with Crippen LogP contribution in [0.3, 0.4) is 0 Å². The van der Waals surface area contributed by atoms with Crippen LogP contribution in [0.4, 0.5) is 0 Å². The number of aliphatic carboxylic acids is 1. The summed E-state index contributed by atoms with van der Waals surface area (Å²) in [5.74, 6) is -1.18. The molecule has 0 aromatic heterocycles. The highest BCUT2D eigenvalue weighted by Crippen LogP contribution is 2.09. The first kappa shape index (κ1) is 14.5. The van der Waals surface area contributed by atoms with Crippen molar-refractivity contribution in [2.24, 2.45) is 11.1 Å². The standard InChI is InChI=1S/C11H13NO3.ClH/c1-8(11(13)14)6-9-2-4-10(5-3-9)7-12-15;/h2-5,7-8,15H,6H2,1H3,(H,13,14);1H/b12-7+;. The maximum atomic E-state index is 10.6. The summed E-state index contributed by atoms with van der Waals surface area (Å²) in [6, 6.07) is 7.22. The van der Waals surface area contributed by atoms with E-state index in [1.807, 2.05) is 12.1 Å². The lowest BCUT2D eigenvalue weighted by Gasteiger charge is -2.05. The lowest BCUT2D eigenvalue weighted by atomic mass is 10.0. The number of benzene rings is 1. The van der Waals surface area contributed by atoms with Gasteiger partial charge < -0.3 is 10.3 Å². The van der Waals surface area contributed by atoms with Crippen LogP contribution in [0.5, 0.6) is 0 Å². The number of carbonyl (C=O) groups is 1. The second kappa shape index (κ2) is 6.85. The summed E-state index contributed by atoms with van der Waals surface area (Å²) in [4.78, 5) is 10.6. The molecule has 1 atom stereocenters. The normalized spacial score (nSPS) is 12.1. The van der Waals surface area contributed by atoms with Gasteiger partial charge >= 0.3 is 5.97 Å². The Hall–Kier alpha value is -1.55. The van der Waals surface area contributed by atoms with Crippen molar-refractivity contribution in [2.45, 2.75) is 13.3 Å². The minimum absolute atomic E-state index is 0. The first-order valence-electron chi connectivity index (χ1n) is 4.62. The van der Waals surface area contributed by atoms with Gasteiger partial charge in [0.25, 0.3) is 0 Å². The molecule has 4 nitrogen and oxygen atoms in total. The predicted octanol–water partition coefficient (Wildman–Crippen LogP) is 2.18. The highest BCUT2D eigenvalue weighted by atomic mass is 35.5. The van der Waals surface area contributed by atoms with Crippen molar-refractivity contribution in [3.8, 4) is 0 Å². The third-order valence-electron chi connectivity index (χ3n) is 2.15. The zero-order valence-electron chi connectivity index (χ0n) is 8.83. The van der Waals surface area contributed by atoms with E-state index in [0.29, 0.717) is 6.42 Å². The van der Waals surface area contributed by atoms with Crippen LogP contribution in [0, 0.1) is 5.92 Å². The maximum Gasteiger partial charge on any atom is 0.306 e. The molecule has 0 aliphatic carbocycles. The van der Waals surface area contributed by atoms with Gasteiger partial charge in [0.1, 0.15) is 0 Å². The monoisotopic (exact) mass is 243 g/mol. The molecule has 1 rings (SSSR count). The van der Waals surface area contributed by atoms with Crippen LogP contribution >= 0.6 is 12.4 Å². The van der Waals surface area contributed by atoms with E-state index in [2.05, 4.69) is 5.16 Å². The molecule has 0 radical (unpaired) electrons. The van der Waals surface area contributed by atoms with Gasteiger partial charge in [-0.05, 0) is 17.5 Å². The van der Waals surface area contributed by atoms with Gasteiger partial charge in [-0.1, -0.05) is 36.3 Å². The molecule has 0 amide bonds. The molecule has 1 aromatic rings. The average Bonchev–Trinajstić information content (AvgIpc) is 2.21. The number of oxime groups is 1. The number of carboxylic acids is 1. The summed E-state index contributed by atoms with van der Waals surface area (Å²) in [6.07, 6.45) is 1.83. The minimum Gasteiger partial charge on any atom is -0.481 e. The van der Waals surface area contributed by atoms with Crippen LogP contribution in [0.25, 0.3) is 0 Å². The van der Waals surface area contributed by atoms with E-state index in [1.54, 1.807) is 19.1 Å². The van der Waals surface area contributed by atoms with Crippen molar-refractivity contribution in [1.82, 2.24) is 0 Å². The number of rotatable bonds is 4. The third-order valence-corrected chi connectivity index (χ3v) is 2.15. The molecule has 5 heteroatoms. The van der Waals surface area contributed by atoms with Crippen molar-refractivity contribution in [3.05, 3.63) is 35.4 Å². The fraction of sp³-hybridized carbons (Fsp3) is 0.273. The first-order valence-corrected chi connectivity index (χ1v) is 4.62. The molecule has 0 bridgehead atoms. The zero-order chi connectivity index (χ0) is 11.3. The molecule has 0 saturated carbocycles. The molecule has 1 aromatic carbocycles. The summed E-state index contributed by atoms with van der Waals surface area (Å²) < 4.78 is 0. The first-order chi connectivity index (χ1) is 7.13. The third kappa shape index (κ3) is 4.31. The Labute approximate surface area is 100 Å². The van der Waals surface area contributed by atoms with Gasteiger partial charge in [0.2, 0.25) is 0 Å². The highest BCUT2D eigenvalue weighted by molar-refractivity contribution is 5.85. The number of hydrogen-bond acceptors (Lipinski definition) is 3. The van der Waals surface area contributed by atoms with Crippen LogP contribution < -0.4 is 0 Å². The minimum atomic E-state index is -0.795. The lowest BCUT2D eigenvalue weighted by Crippen LogP contribution is -2.12. The molecule has 2 N–H and O–H groups in total. The van der Waals surface area contributed by atoms with Crippen LogP contribution in [0.15, 0.2) is 29.4 Å². The van der Waals surface area contributed by atoms with E-state index >= 15 is 0 Å². The van der Waals surface area contributed by atoms with Crippen LogP contribution in [-0.2, 0) is 11.2 Å². The van der Waals surface area contributed by atoms with E-state index in [1.165, 1.54) is 6.21 Å². The molecular formula is C11H14ClNO3. The van der Waals surface area contributed by atoms with Gasteiger partial charge in [-0.15, -0.1) is 12.4 Å². The van der Waals surface area contributed by atoms with Gasteiger partial charge in [-0.25, -0.2) is 0 Å². The van der Waals surface area contributed by atoms with Crippen molar-refractivity contribution in [2.75, 3.05) is 0 Å². The molecule has 1 unspecified atom stereocenters. The Morgan fingerprint density at radius 1 is 1.44 bits per heavy atom. The number of hydrogen-bond donors (Lipinski definition) is 2. The Bertz CT molecular complexity index is 362. The van der Waals surface area contributed by atoms with Crippen LogP contribution in [0.2, 0.25) is 0 Å². The molecule has 0 spiro atoms. The molecule has 0 aliphatic heterocycles. The molecule has 16 heavy (non-hydrogen) atoms. The molecule has 0 heterocycles. The SMILES string of the molecule is CC(Cc1ccc(/C=N/O)cc1)C(=O)O.Cl. The topological polar surface area (TPSA) is 69.9 Å². The summed E-state index contributed by atoms with van der Waals surface area (Å²) in [6.45, 7) is 1.67. The molecule has 0 aliphatic rings. The molecule has 0 saturated heterocycles. The zero-order valence-corrected chi connectivity index (χ0v) is 9.65. The maximum absolute atomic E-state index is 10.6. The van der Waals surface area contributed by atoms with Gasteiger partial charge in [0, 0.05) is 0 Å². The van der Waals surface area contributed by atoms with Gasteiger partial charge in [0.05, 0.1) is 12.1 Å². The van der Waals surface area contributed by atoms with Gasteiger partial charge in [0.15, 0.2) is 0 Å². The van der Waals surface area contributed by atoms with Gasteiger partial charge in [-0.3, -0.25) is 4.79 Å². The summed E-state index contributed by atoms with van der Waals surface area (Å²) in [7, 11) is 0. The van der Waals surface area contributed by atoms with Crippen molar-refractivity contribution < 1.29 is 15.1 Å². The van der Waals surface area contributed by atoms with Crippen molar-refractivity contribution >= 4 is 24.6 Å². The fourth-order valence-electron chi connectivity index (χ4n) is 1.25. The molecule has 0 fully saturated rings. The Kier molecular flexibility index (Phi) is 6.18. The van der Waals surface area contributed by atoms with E-state index < -0.39 is 5.97 Å². The van der Waals surface area contributed by atoms with E-state index in [4.69, 9.17) is 10.3 Å². The van der Waals surface area contributed by atoms with E-state index in [0.717, 1.165) is 11.1 Å². The largest absolute Gasteiger partial charge is 0.481 e. The Morgan fingerprint density at radius 2 is 2.00 bits per heavy atom. The quantitative estimate of drug-likeness (QED) is 0.484. The second-order valence-electron chi connectivity index (χ2n) is 3.43. The van der Waals surface area contributed by atoms with Crippen molar-refractivity contribution in [3.63, 3.8) is 0 Å². The molecular weight excluding hydrogens is 230 g/mol. The molecule has 88 valence electrons. The lowest BCUT2D eigenvalue weighted by molar-refractivity contribution is -0.141. The van der Waals surface area contributed by atoms with Gasteiger partial charge in [-0.2, -0.15) is 0 Å². The second-order valence-corrected chi connectivity index (χ2v) is 3.43. The van der Waals surface area contributed by atoms with E-state index in [9.17, 15) is 4.79 Å². The average molecular weight is 244 g/mol. The van der Waals surface area contributed by atoms with Crippen molar-refractivity contribution in [1.29, 1.82) is 0 Å². The Morgan fingerprint density at radius 3 is 2.44 bits per heavy atom. The number of nitrogens with zero attached hydrogens (tertiary/aromatic N) is 1.